The first-order chi connectivity index (χ1) is 40.9. The van der Waals surface area contributed by atoms with Crippen molar-refractivity contribution < 1.29 is 74.1 Å². The van der Waals surface area contributed by atoms with E-state index < -0.39 is 116 Å². The number of nitrogens with zero attached hydrogens (tertiary/aromatic N) is 8. The molecule has 8 atom stereocenters. The van der Waals surface area contributed by atoms with Gasteiger partial charge >= 0.3 is 23.9 Å². The third-order valence-electron chi connectivity index (χ3n) is 14.9. The molecule has 28 heteroatoms. The molecule has 1 aliphatic heterocycles. The van der Waals surface area contributed by atoms with Crippen LogP contribution in [0.25, 0.3) is 0 Å². The van der Waals surface area contributed by atoms with E-state index in [-0.39, 0.29) is 85.3 Å². The summed E-state index contributed by atoms with van der Waals surface area (Å²) in [6.07, 6.45) is -3.97. The molecule has 5 rings (SSSR count). The number of hydrogen-bond acceptors (Lipinski definition) is 18. The summed E-state index contributed by atoms with van der Waals surface area (Å²) in [4.78, 5) is 122. The first-order valence-electron chi connectivity index (χ1n) is 29.1. The molecule has 0 unspecified atom stereocenters. The van der Waals surface area contributed by atoms with Gasteiger partial charge in [-0.2, -0.15) is 10.2 Å². The van der Waals surface area contributed by atoms with Gasteiger partial charge in [-0.05, 0) is 97.6 Å². The number of benzene rings is 2. The van der Waals surface area contributed by atoms with E-state index in [1.54, 1.807) is 104 Å². The summed E-state index contributed by atoms with van der Waals surface area (Å²) in [5.74, 6) is -8.33. The number of amides is 4. The number of hydrogen-bond donors (Lipinski definition) is 2. The number of likely N-dealkylation sites (N-methyl/N-ethyl adjacent to an activating group) is 4. The molecule has 0 saturated carbocycles. The predicted octanol–water partition coefficient (Wildman–Crippen LogP) is 3.45. The summed E-state index contributed by atoms with van der Waals surface area (Å²) in [5.41, 5.74) is 2.31. The van der Waals surface area contributed by atoms with Crippen LogP contribution in [0.15, 0.2) is 83.1 Å². The lowest BCUT2D eigenvalue weighted by Gasteiger charge is -2.35. The number of primary sulfonamides is 2. The van der Waals surface area contributed by atoms with Crippen molar-refractivity contribution in [2.75, 3.05) is 28.2 Å². The first-order valence-corrected chi connectivity index (χ1v) is 32.2. The third-order valence-corrected chi connectivity index (χ3v) is 16.5. The van der Waals surface area contributed by atoms with Gasteiger partial charge in [0, 0.05) is 53.4 Å². The minimum atomic E-state index is -4.06. The standard InChI is InChI=1S/C60H86N10O16S2/c1-35(2)27-45-57(75)83-39(9)53(71)65(11)48(30-38(7)8)60(78)86-50(32-42-17-21-44(22-18-42)34-70-26-24-52(64-70)88(62,81)82)56(74)68(14)46(28-36(3)4)58(76)84-40(10)54(72)66(12)47(29-37(5)6)59(77)85-49(55(73)67(45)13)31-41-15-19-43(20-16-41)33-69-25-23-51(63-69)87(61,79)80/h15-26,35-40,45-50H,27-34H2,1-14H3,(H2,61,79,80)(H2,62,81,82)/t39-,40-,45+,46+,47+,48+,49-,50-/m1/s1. The Hall–Kier alpha value is -7.56. The highest BCUT2D eigenvalue weighted by Crippen LogP contribution is 2.25. The molecule has 1 aliphatic rings. The van der Waals surface area contributed by atoms with Gasteiger partial charge in [0.1, 0.15) is 24.2 Å². The van der Waals surface area contributed by atoms with E-state index in [0.29, 0.717) is 22.3 Å². The van der Waals surface area contributed by atoms with Gasteiger partial charge < -0.3 is 38.5 Å². The number of aromatic nitrogens is 4. The predicted molar refractivity (Wildman–Crippen MR) is 321 cm³/mol. The van der Waals surface area contributed by atoms with Gasteiger partial charge in [-0.25, -0.2) is 46.3 Å². The maximum absolute atomic E-state index is 15.0. The zero-order chi connectivity index (χ0) is 65.9. The molecule has 484 valence electrons. The van der Waals surface area contributed by atoms with Crippen molar-refractivity contribution >= 4 is 67.6 Å². The van der Waals surface area contributed by atoms with Crippen LogP contribution >= 0.6 is 0 Å². The van der Waals surface area contributed by atoms with Crippen LogP contribution in [0.2, 0.25) is 0 Å². The highest BCUT2D eigenvalue weighted by molar-refractivity contribution is 7.89. The van der Waals surface area contributed by atoms with Crippen LogP contribution in [-0.4, -0.2) is 180 Å². The molecule has 4 amide bonds. The lowest BCUT2D eigenvalue weighted by Crippen LogP contribution is -2.55. The molecule has 0 radical (unpaired) electrons. The van der Waals surface area contributed by atoms with Gasteiger partial charge in [-0.1, -0.05) is 104 Å². The molecular formula is C60H86N10O16S2. The third kappa shape index (κ3) is 19.7. The van der Waals surface area contributed by atoms with Crippen molar-refractivity contribution in [2.45, 2.75) is 179 Å². The van der Waals surface area contributed by atoms with E-state index in [1.165, 1.54) is 75.9 Å². The molecule has 88 heavy (non-hydrogen) atoms. The molecular weight excluding hydrogens is 1180 g/mol. The van der Waals surface area contributed by atoms with Crippen molar-refractivity contribution in [1.82, 2.24) is 39.2 Å². The lowest BCUT2D eigenvalue weighted by atomic mass is 9.99. The Labute approximate surface area is 515 Å². The van der Waals surface area contributed by atoms with Crippen molar-refractivity contribution in [2.24, 2.45) is 33.9 Å². The quantitative estimate of drug-likeness (QED) is 0.106. The lowest BCUT2D eigenvalue weighted by molar-refractivity contribution is -0.176. The molecule has 1 fully saturated rings. The average Bonchev–Trinajstić information content (AvgIpc) is 4.06. The van der Waals surface area contributed by atoms with Crippen LogP contribution in [-0.2, 0) is 103 Å². The van der Waals surface area contributed by atoms with Crippen LogP contribution in [0.3, 0.4) is 0 Å². The Morgan fingerprint density at radius 2 is 0.659 bits per heavy atom. The Morgan fingerprint density at radius 3 is 0.909 bits per heavy atom. The SMILES string of the molecule is CC(C)C[C@H]1C(=O)O[C@H](Cc2ccc(Cn3ccc(S(N)(=O)=O)n3)cc2)C(=O)N(C)[C@@H](CC(C)C)C(=O)O[C@H](C)C(=O)N(C)[C@@H](CC(C)C)C(=O)O[C@H](Cc2ccc(Cn3ccc(S(N)(=O)=O)n3)cc2)C(=O)N(C)[C@@H](CC(C)C)C(=O)O[C@H](C)C(=O)N1C. The summed E-state index contributed by atoms with van der Waals surface area (Å²) in [6, 6.07) is 10.5. The fourth-order valence-corrected chi connectivity index (χ4v) is 10.9. The van der Waals surface area contributed by atoms with Crippen LogP contribution in [0.5, 0.6) is 0 Å². The van der Waals surface area contributed by atoms with Gasteiger partial charge in [-0.3, -0.25) is 28.5 Å². The molecule has 2 aromatic heterocycles. The van der Waals surface area contributed by atoms with E-state index >= 15 is 9.59 Å². The molecule has 4 aromatic rings. The monoisotopic (exact) mass is 1270 g/mol. The number of cyclic esters (lactones) is 4. The summed E-state index contributed by atoms with van der Waals surface area (Å²) in [7, 11) is -2.79. The number of carbonyl (C=O) groups excluding carboxylic acids is 8. The number of nitrogens with two attached hydrogens (primary N) is 2. The van der Waals surface area contributed by atoms with Crippen molar-refractivity contribution in [3.8, 4) is 0 Å². The normalized spacial score (nSPS) is 22.6. The number of carbonyl (C=O) groups is 8. The second-order valence-electron chi connectivity index (χ2n) is 24.2. The van der Waals surface area contributed by atoms with E-state index in [4.69, 9.17) is 29.2 Å². The molecule has 26 nitrogen and oxygen atoms in total. The fraction of sp³-hybridized carbons (Fsp3) is 0.567. The van der Waals surface area contributed by atoms with Crippen LogP contribution in [0.1, 0.15) is 117 Å². The number of sulfonamides is 2. The fourth-order valence-electron chi connectivity index (χ4n) is 10.0. The van der Waals surface area contributed by atoms with E-state index in [1.807, 2.05) is 0 Å². The summed E-state index contributed by atoms with van der Waals surface area (Å²) in [5, 5.41) is 17.9. The smallest absolute Gasteiger partial charge is 0.329 e. The minimum Gasteiger partial charge on any atom is -0.451 e. The maximum Gasteiger partial charge on any atom is 0.329 e. The van der Waals surface area contributed by atoms with Gasteiger partial charge in [-0.15, -0.1) is 0 Å². The highest BCUT2D eigenvalue weighted by atomic mass is 32.2. The van der Waals surface area contributed by atoms with Gasteiger partial charge in [0.15, 0.2) is 34.5 Å². The maximum atomic E-state index is 15.0. The van der Waals surface area contributed by atoms with Crippen LogP contribution in [0.4, 0.5) is 0 Å². The summed E-state index contributed by atoms with van der Waals surface area (Å²) >= 11 is 0. The van der Waals surface area contributed by atoms with E-state index in [0.717, 1.165) is 19.6 Å². The van der Waals surface area contributed by atoms with E-state index in [9.17, 15) is 45.6 Å². The Morgan fingerprint density at radius 1 is 0.409 bits per heavy atom. The first kappa shape index (κ1) is 71.2. The highest BCUT2D eigenvalue weighted by Gasteiger charge is 2.43. The number of ether oxygens (including phenoxy) is 4. The van der Waals surface area contributed by atoms with Crippen molar-refractivity contribution in [3.05, 3.63) is 95.3 Å². The van der Waals surface area contributed by atoms with Crippen molar-refractivity contribution in [3.63, 3.8) is 0 Å². The molecule has 1 saturated heterocycles. The van der Waals surface area contributed by atoms with Crippen LogP contribution < -0.4 is 10.3 Å². The summed E-state index contributed by atoms with van der Waals surface area (Å²) < 4.78 is 74.3. The Bertz CT molecular complexity index is 3110. The van der Waals surface area contributed by atoms with Gasteiger partial charge in [0.25, 0.3) is 43.7 Å². The van der Waals surface area contributed by atoms with Crippen molar-refractivity contribution in [1.29, 1.82) is 0 Å². The molecule has 0 spiro atoms. The molecule has 3 heterocycles. The second kappa shape index (κ2) is 30.6. The molecule has 2 aromatic carbocycles. The Kier molecular flexibility index (Phi) is 24.7. The number of rotatable bonds is 18. The Balaban J connectivity index is 1.58. The average molecular weight is 1270 g/mol. The summed E-state index contributed by atoms with van der Waals surface area (Å²) in [6.45, 7) is 17.3. The molecule has 0 bridgehead atoms. The second-order valence-corrected chi connectivity index (χ2v) is 27.2. The largest absolute Gasteiger partial charge is 0.451 e. The minimum absolute atomic E-state index is 0.0108. The zero-order valence-corrected chi connectivity index (χ0v) is 54.2. The van der Waals surface area contributed by atoms with E-state index in [2.05, 4.69) is 10.2 Å². The topological polar surface area (TPSA) is 342 Å². The van der Waals surface area contributed by atoms with Gasteiger partial charge in [0.05, 0.1) is 13.1 Å². The van der Waals surface area contributed by atoms with Crippen LogP contribution in [0, 0.1) is 23.7 Å². The molecule has 4 N–H and O–H groups in total. The molecule has 0 aliphatic carbocycles. The zero-order valence-electron chi connectivity index (χ0n) is 52.6. The van der Waals surface area contributed by atoms with Gasteiger partial charge in [0.2, 0.25) is 0 Å². The number of esters is 4.